The molecule has 2 rings (SSSR count). The summed E-state index contributed by atoms with van der Waals surface area (Å²) < 4.78 is 5.02. The molecule has 0 aliphatic heterocycles. The molecule has 0 unspecified atom stereocenters. The van der Waals surface area contributed by atoms with E-state index in [0.717, 1.165) is 0 Å². The zero-order valence-electron chi connectivity index (χ0n) is 15.4. The first kappa shape index (κ1) is 20.4. The Hall–Kier alpha value is -3.88. The van der Waals surface area contributed by atoms with Gasteiger partial charge in [0.2, 0.25) is 11.8 Å². The van der Waals surface area contributed by atoms with Gasteiger partial charge in [-0.15, -0.1) is 0 Å². The highest BCUT2D eigenvalue weighted by Crippen LogP contribution is 2.15. The molecule has 0 bridgehead atoms. The van der Waals surface area contributed by atoms with Crippen molar-refractivity contribution in [1.82, 2.24) is 5.32 Å². The van der Waals surface area contributed by atoms with E-state index in [9.17, 15) is 19.2 Å². The second kappa shape index (κ2) is 9.72. The van der Waals surface area contributed by atoms with Gasteiger partial charge in [-0.1, -0.05) is 0 Å². The molecule has 2 aromatic rings. The molecule has 0 atom stereocenters. The smallest absolute Gasteiger partial charge is 0.313 e. The zero-order chi connectivity index (χ0) is 20.5. The predicted molar refractivity (Wildman–Crippen MR) is 104 cm³/mol. The fraction of sp³-hybridized carbons (Fsp3) is 0.158. The summed E-state index contributed by atoms with van der Waals surface area (Å²) in [6.45, 7) is 1.02. The van der Waals surface area contributed by atoms with Crippen molar-refractivity contribution in [3.8, 4) is 5.75 Å². The van der Waals surface area contributed by atoms with Crippen LogP contribution in [-0.2, 0) is 19.2 Å². The lowest BCUT2D eigenvalue weighted by atomic mass is 10.2. The van der Waals surface area contributed by atoms with Gasteiger partial charge in [0.15, 0.2) is 0 Å². The molecule has 0 spiro atoms. The largest absolute Gasteiger partial charge is 0.497 e. The maximum atomic E-state index is 11.9. The van der Waals surface area contributed by atoms with Gasteiger partial charge in [0, 0.05) is 24.0 Å². The van der Waals surface area contributed by atoms with Crippen molar-refractivity contribution < 1.29 is 23.9 Å². The molecular formula is C19H20N4O5. The Balaban J connectivity index is 1.78. The van der Waals surface area contributed by atoms with E-state index in [1.807, 2.05) is 0 Å². The number of amides is 4. The van der Waals surface area contributed by atoms with E-state index in [0.29, 0.717) is 22.8 Å². The highest BCUT2D eigenvalue weighted by molar-refractivity contribution is 6.39. The Morgan fingerprint density at radius 2 is 1.25 bits per heavy atom. The number of ether oxygens (including phenoxy) is 1. The third-order valence-corrected chi connectivity index (χ3v) is 3.45. The van der Waals surface area contributed by atoms with Crippen molar-refractivity contribution in [2.75, 3.05) is 29.6 Å². The van der Waals surface area contributed by atoms with Crippen molar-refractivity contribution >= 4 is 40.7 Å². The molecule has 146 valence electrons. The van der Waals surface area contributed by atoms with Gasteiger partial charge in [-0.25, -0.2) is 0 Å². The molecule has 2 aromatic carbocycles. The lowest BCUT2D eigenvalue weighted by Crippen LogP contribution is -2.39. The average molecular weight is 384 g/mol. The number of anilines is 3. The van der Waals surface area contributed by atoms with Gasteiger partial charge in [-0.05, 0) is 48.5 Å². The van der Waals surface area contributed by atoms with Crippen LogP contribution in [0.25, 0.3) is 0 Å². The van der Waals surface area contributed by atoms with Crippen LogP contribution in [0.4, 0.5) is 17.1 Å². The molecule has 0 aliphatic rings. The van der Waals surface area contributed by atoms with Crippen LogP contribution >= 0.6 is 0 Å². The highest BCUT2D eigenvalue weighted by atomic mass is 16.5. The lowest BCUT2D eigenvalue weighted by Gasteiger charge is -2.09. The molecule has 0 saturated heterocycles. The van der Waals surface area contributed by atoms with Gasteiger partial charge in [-0.2, -0.15) is 0 Å². The number of carbonyl (C=O) groups is 4. The van der Waals surface area contributed by atoms with Crippen LogP contribution in [0.15, 0.2) is 48.5 Å². The topological polar surface area (TPSA) is 126 Å². The number of hydrogen-bond donors (Lipinski definition) is 4. The number of nitrogens with one attached hydrogen (secondary N) is 4. The van der Waals surface area contributed by atoms with Crippen molar-refractivity contribution in [1.29, 1.82) is 0 Å². The van der Waals surface area contributed by atoms with Crippen LogP contribution in [0.2, 0.25) is 0 Å². The van der Waals surface area contributed by atoms with Gasteiger partial charge in [0.05, 0.1) is 13.7 Å². The van der Waals surface area contributed by atoms with Crippen molar-refractivity contribution in [3.63, 3.8) is 0 Å². The quantitative estimate of drug-likeness (QED) is 0.560. The molecular weight excluding hydrogens is 364 g/mol. The standard InChI is InChI=1S/C19H20N4O5/c1-12(24)21-13-3-5-15(6-4-13)23-19(27)18(26)20-11-17(25)22-14-7-9-16(28-2)10-8-14/h3-10H,11H2,1-2H3,(H,20,26)(H,21,24)(H,22,25)(H,23,27). The predicted octanol–water partition coefficient (Wildman–Crippen LogP) is 1.35. The molecule has 28 heavy (non-hydrogen) atoms. The second-order valence-corrected chi connectivity index (χ2v) is 5.67. The molecule has 4 amide bonds. The number of carbonyl (C=O) groups excluding carboxylic acids is 4. The van der Waals surface area contributed by atoms with E-state index in [1.165, 1.54) is 26.2 Å². The van der Waals surface area contributed by atoms with Gasteiger partial charge in [0.1, 0.15) is 5.75 Å². The summed E-state index contributed by atoms with van der Waals surface area (Å²) in [4.78, 5) is 46.5. The number of rotatable bonds is 6. The lowest BCUT2D eigenvalue weighted by molar-refractivity contribution is -0.136. The van der Waals surface area contributed by atoms with Gasteiger partial charge in [0.25, 0.3) is 0 Å². The fourth-order valence-electron chi connectivity index (χ4n) is 2.15. The van der Waals surface area contributed by atoms with Crippen LogP contribution in [0, 0.1) is 0 Å². The van der Waals surface area contributed by atoms with E-state index in [-0.39, 0.29) is 12.5 Å². The van der Waals surface area contributed by atoms with Crippen LogP contribution < -0.4 is 26.0 Å². The summed E-state index contributed by atoms with van der Waals surface area (Å²) in [6.07, 6.45) is 0. The van der Waals surface area contributed by atoms with Crippen LogP contribution in [-0.4, -0.2) is 37.3 Å². The Labute approximate surface area is 161 Å². The van der Waals surface area contributed by atoms with Crippen molar-refractivity contribution in [2.45, 2.75) is 6.92 Å². The molecule has 0 fully saturated rings. The number of benzene rings is 2. The summed E-state index contributed by atoms with van der Waals surface area (Å²) in [7, 11) is 1.53. The summed E-state index contributed by atoms with van der Waals surface area (Å²) >= 11 is 0. The molecule has 0 aliphatic carbocycles. The minimum atomic E-state index is -0.948. The minimum Gasteiger partial charge on any atom is -0.497 e. The average Bonchev–Trinajstić information content (AvgIpc) is 2.67. The first-order valence-corrected chi connectivity index (χ1v) is 8.28. The molecule has 0 radical (unpaired) electrons. The number of hydrogen-bond acceptors (Lipinski definition) is 5. The zero-order valence-corrected chi connectivity index (χ0v) is 15.4. The van der Waals surface area contributed by atoms with Crippen LogP contribution in [0.3, 0.4) is 0 Å². The molecule has 0 heterocycles. The summed E-state index contributed by atoms with van der Waals surface area (Å²) in [5.41, 5.74) is 1.46. The molecule has 0 saturated carbocycles. The minimum absolute atomic E-state index is 0.218. The third-order valence-electron chi connectivity index (χ3n) is 3.45. The van der Waals surface area contributed by atoms with E-state index in [2.05, 4.69) is 21.3 Å². The molecule has 9 heteroatoms. The molecule has 9 nitrogen and oxygen atoms in total. The first-order chi connectivity index (χ1) is 13.4. The highest BCUT2D eigenvalue weighted by Gasteiger charge is 2.15. The Bertz CT molecular complexity index is 863. The van der Waals surface area contributed by atoms with Crippen LogP contribution in [0.5, 0.6) is 5.75 Å². The Morgan fingerprint density at radius 1 is 0.750 bits per heavy atom. The SMILES string of the molecule is COc1ccc(NC(=O)CNC(=O)C(=O)Nc2ccc(NC(C)=O)cc2)cc1. The van der Waals surface area contributed by atoms with Crippen LogP contribution in [0.1, 0.15) is 6.92 Å². The molecule has 4 N–H and O–H groups in total. The maximum absolute atomic E-state index is 11.9. The summed E-state index contributed by atoms with van der Waals surface area (Å²) in [6, 6.07) is 12.9. The Kier molecular flexibility index (Phi) is 7.09. The monoisotopic (exact) mass is 384 g/mol. The fourth-order valence-corrected chi connectivity index (χ4v) is 2.15. The van der Waals surface area contributed by atoms with Gasteiger partial charge < -0.3 is 26.0 Å². The van der Waals surface area contributed by atoms with Crippen molar-refractivity contribution in [2.24, 2.45) is 0 Å². The third kappa shape index (κ3) is 6.45. The summed E-state index contributed by atoms with van der Waals surface area (Å²) in [5, 5.41) is 9.81. The normalized spacial score (nSPS) is 9.79. The summed E-state index contributed by atoms with van der Waals surface area (Å²) in [5.74, 6) is -1.91. The van der Waals surface area contributed by atoms with E-state index in [1.54, 1.807) is 36.4 Å². The van der Waals surface area contributed by atoms with Gasteiger partial charge in [-0.3, -0.25) is 19.2 Å². The van der Waals surface area contributed by atoms with E-state index in [4.69, 9.17) is 4.74 Å². The van der Waals surface area contributed by atoms with E-state index < -0.39 is 17.7 Å². The number of methoxy groups -OCH3 is 1. The van der Waals surface area contributed by atoms with Gasteiger partial charge >= 0.3 is 11.8 Å². The molecule has 0 aromatic heterocycles. The van der Waals surface area contributed by atoms with Crippen molar-refractivity contribution in [3.05, 3.63) is 48.5 Å². The second-order valence-electron chi connectivity index (χ2n) is 5.67. The Morgan fingerprint density at radius 3 is 1.79 bits per heavy atom. The van der Waals surface area contributed by atoms with E-state index >= 15 is 0 Å². The maximum Gasteiger partial charge on any atom is 0.313 e. The first-order valence-electron chi connectivity index (χ1n) is 8.28.